The van der Waals surface area contributed by atoms with Crippen molar-refractivity contribution < 1.29 is 4.79 Å². The monoisotopic (exact) mass is 317 g/mol. The molecule has 19 heavy (non-hydrogen) atoms. The summed E-state index contributed by atoms with van der Waals surface area (Å²) in [6.45, 7) is 4.07. The summed E-state index contributed by atoms with van der Waals surface area (Å²) in [7, 11) is 0. The Bertz CT molecular complexity index is 590. The number of carbonyl (C=O) groups is 1. The Morgan fingerprint density at radius 1 is 1.16 bits per heavy atom. The van der Waals surface area contributed by atoms with E-state index in [-0.39, 0.29) is 5.91 Å². The fourth-order valence-corrected chi connectivity index (χ4v) is 2.18. The van der Waals surface area contributed by atoms with Gasteiger partial charge in [0.15, 0.2) is 0 Å². The number of nitrogens with one attached hydrogen (secondary N) is 1. The molecule has 98 valence electrons. The Hall–Kier alpha value is -1.61. The molecular weight excluding hydrogens is 302 g/mol. The Kier molecular flexibility index (Phi) is 4.38. The number of carbonyl (C=O) groups excluding carboxylic acids is 1. The molecule has 0 saturated heterocycles. The topological polar surface area (TPSA) is 29.1 Å². The van der Waals surface area contributed by atoms with Crippen molar-refractivity contribution in [3.63, 3.8) is 0 Å². The number of aryl methyl sites for hydroxylation is 2. The van der Waals surface area contributed by atoms with Gasteiger partial charge in [-0.2, -0.15) is 0 Å². The van der Waals surface area contributed by atoms with E-state index >= 15 is 0 Å². The molecule has 0 aromatic heterocycles. The normalized spacial score (nSPS) is 10.3. The van der Waals surface area contributed by atoms with Crippen molar-refractivity contribution in [2.24, 2.45) is 0 Å². The lowest BCUT2D eigenvalue weighted by Crippen LogP contribution is -2.12. The third-order valence-corrected chi connectivity index (χ3v) is 3.57. The molecule has 2 rings (SSSR count). The van der Waals surface area contributed by atoms with E-state index < -0.39 is 0 Å². The first kappa shape index (κ1) is 13.8. The first-order valence-electron chi connectivity index (χ1n) is 6.26. The van der Waals surface area contributed by atoms with Gasteiger partial charge >= 0.3 is 0 Å². The number of benzene rings is 2. The maximum atomic E-state index is 12.2. The van der Waals surface area contributed by atoms with Crippen LogP contribution < -0.4 is 5.32 Å². The van der Waals surface area contributed by atoms with E-state index in [0.717, 1.165) is 22.1 Å². The number of amides is 1. The maximum absolute atomic E-state index is 12.2. The average molecular weight is 318 g/mol. The molecule has 0 unspecified atom stereocenters. The predicted molar refractivity (Wildman–Crippen MR) is 82.7 cm³/mol. The highest BCUT2D eigenvalue weighted by Crippen LogP contribution is 2.21. The van der Waals surface area contributed by atoms with Crippen molar-refractivity contribution >= 4 is 27.5 Å². The van der Waals surface area contributed by atoms with Gasteiger partial charge in [0.2, 0.25) is 0 Å². The zero-order chi connectivity index (χ0) is 13.8. The zero-order valence-corrected chi connectivity index (χ0v) is 12.6. The summed E-state index contributed by atoms with van der Waals surface area (Å²) >= 11 is 3.41. The van der Waals surface area contributed by atoms with Crippen LogP contribution in [0.5, 0.6) is 0 Å². The van der Waals surface area contributed by atoms with Crippen molar-refractivity contribution in [2.75, 3.05) is 5.32 Å². The molecule has 0 radical (unpaired) electrons. The van der Waals surface area contributed by atoms with E-state index in [4.69, 9.17) is 0 Å². The van der Waals surface area contributed by atoms with Crippen molar-refractivity contribution in [1.82, 2.24) is 0 Å². The quantitative estimate of drug-likeness (QED) is 0.882. The molecule has 0 saturated carbocycles. The minimum atomic E-state index is -0.0798. The number of rotatable bonds is 3. The summed E-state index contributed by atoms with van der Waals surface area (Å²) in [6, 6.07) is 13.5. The second-order valence-electron chi connectivity index (χ2n) is 4.46. The Morgan fingerprint density at radius 2 is 1.84 bits per heavy atom. The Labute approximate surface area is 122 Å². The first-order valence-corrected chi connectivity index (χ1v) is 7.06. The summed E-state index contributed by atoms with van der Waals surface area (Å²) in [5, 5.41) is 2.94. The van der Waals surface area contributed by atoms with Gasteiger partial charge in [-0.15, -0.1) is 0 Å². The van der Waals surface area contributed by atoms with E-state index in [9.17, 15) is 4.79 Å². The molecule has 2 aromatic rings. The maximum Gasteiger partial charge on any atom is 0.255 e. The highest BCUT2D eigenvalue weighted by atomic mass is 79.9. The summed E-state index contributed by atoms with van der Waals surface area (Å²) in [6.07, 6.45) is 0.979. The van der Waals surface area contributed by atoms with Gasteiger partial charge in [0.1, 0.15) is 0 Å². The van der Waals surface area contributed by atoms with Crippen LogP contribution in [-0.4, -0.2) is 5.91 Å². The fraction of sp³-hybridized carbons (Fsp3) is 0.188. The van der Waals surface area contributed by atoms with E-state index in [0.29, 0.717) is 5.56 Å². The summed E-state index contributed by atoms with van der Waals surface area (Å²) in [4.78, 5) is 12.2. The van der Waals surface area contributed by atoms with Crippen LogP contribution in [0, 0.1) is 6.92 Å². The van der Waals surface area contributed by atoms with Crippen LogP contribution in [0.15, 0.2) is 46.9 Å². The summed E-state index contributed by atoms with van der Waals surface area (Å²) in [5.41, 5.74) is 3.78. The molecule has 2 aromatic carbocycles. The zero-order valence-electron chi connectivity index (χ0n) is 11.0. The lowest BCUT2D eigenvalue weighted by Gasteiger charge is -2.09. The molecule has 1 amide bonds. The minimum absolute atomic E-state index is 0.0798. The molecule has 2 nitrogen and oxygen atoms in total. The van der Waals surface area contributed by atoms with E-state index in [1.54, 1.807) is 0 Å². The number of halogens is 1. The largest absolute Gasteiger partial charge is 0.322 e. The summed E-state index contributed by atoms with van der Waals surface area (Å²) in [5.74, 6) is -0.0798. The van der Waals surface area contributed by atoms with Gasteiger partial charge in [-0.1, -0.05) is 41.1 Å². The van der Waals surface area contributed by atoms with Crippen LogP contribution in [0.3, 0.4) is 0 Å². The average Bonchev–Trinajstić information content (AvgIpc) is 2.43. The molecule has 0 atom stereocenters. The van der Waals surface area contributed by atoms with E-state index in [2.05, 4.69) is 28.2 Å². The number of anilines is 1. The Morgan fingerprint density at radius 3 is 2.47 bits per heavy atom. The SMILES string of the molecule is CCc1ccc(C(=O)Nc2cc(Br)ccc2C)cc1. The van der Waals surface area contributed by atoms with E-state index in [1.165, 1.54) is 5.56 Å². The van der Waals surface area contributed by atoms with Crippen LogP contribution >= 0.6 is 15.9 Å². The number of hydrogen-bond donors (Lipinski definition) is 1. The second-order valence-corrected chi connectivity index (χ2v) is 5.38. The van der Waals surface area contributed by atoms with Crippen LogP contribution in [0.4, 0.5) is 5.69 Å². The van der Waals surface area contributed by atoms with Crippen molar-refractivity contribution in [1.29, 1.82) is 0 Å². The number of hydrogen-bond acceptors (Lipinski definition) is 1. The third-order valence-electron chi connectivity index (χ3n) is 3.07. The molecule has 1 N–H and O–H groups in total. The predicted octanol–water partition coefficient (Wildman–Crippen LogP) is 4.57. The lowest BCUT2D eigenvalue weighted by atomic mass is 10.1. The molecule has 0 spiro atoms. The van der Waals surface area contributed by atoms with Crippen LogP contribution in [0.25, 0.3) is 0 Å². The van der Waals surface area contributed by atoms with Gasteiger partial charge in [-0.3, -0.25) is 4.79 Å². The standard InChI is InChI=1S/C16H16BrNO/c1-3-12-5-7-13(8-6-12)16(19)18-15-10-14(17)9-4-11(15)2/h4-10H,3H2,1-2H3,(H,18,19). The lowest BCUT2D eigenvalue weighted by molar-refractivity contribution is 0.102. The van der Waals surface area contributed by atoms with Crippen LogP contribution in [0.2, 0.25) is 0 Å². The van der Waals surface area contributed by atoms with Gasteiger partial charge in [0.25, 0.3) is 5.91 Å². The van der Waals surface area contributed by atoms with Crippen molar-refractivity contribution in [3.05, 3.63) is 63.6 Å². The van der Waals surface area contributed by atoms with Gasteiger partial charge in [-0.05, 0) is 48.7 Å². The molecule has 0 aliphatic carbocycles. The van der Waals surface area contributed by atoms with Gasteiger partial charge in [0, 0.05) is 15.7 Å². The molecule has 0 bridgehead atoms. The van der Waals surface area contributed by atoms with Gasteiger partial charge < -0.3 is 5.32 Å². The molecule has 0 fully saturated rings. The summed E-state index contributed by atoms with van der Waals surface area (Å²) < 4.78 is 0.953. The first-order chi connectivity index (χ1) is 9.10. The third kappa shape index (κ3) is 3.44. The smallest absolute Gasteiger partial charge is 0.255 e. The van der Waals surface area contributed by atoms with Gasteiger partial charge in [0.05, 0.1) is 0 Å². The van der Waals surface area contributed by atoms with Gasteiger partial charge in [-0.25, -0.2) is 0 Å². The van der Waals surface area contributed by atoms with E-state index in [1.807, 2.05) is 49.4 Å². The molecule has 3 heteroatoms. The fourth-order valence-electron chi connectivity index (χ4n) is 1.82. The molecule has 0 aliphatic heterocycles. The highest BCUT2D eigenvalue weighted by molar-refractivity contribution is 9.10. The Balaban J connectivity index is 2.18. The van der Waals surface area contributed by atoms with Crippen LogP contribution in [0.1, 0.15) is 28.4 Å². The molecule has 0 heterocycles. The minimum Gasteiger partial charge on any atom is -0.322 e. The molecular formula is C16H16BrNO. The van der Waals surface area contributed by atoms with Crippen molar-refractivity contribution in [2.45, 2.75) is 20.3 Å². The highest BCUT2D eigenvalue weighted by Gasteiger charge is 2.07. The second kappa shape index (κ2) is 6.02. The van der Waals surface area contributed by atoms with Crippen molar-refractivity contribution in [3.8, 4) is 0 Å². The van der Waals surface area contributed by atoms with Crippen LogP contribution in [-0.2, 0) is 6.42 Å². The molecule has 0 aliphatic rings.